The molecule has 3 nitrogen and oxygen atoms in total. The molecule has 0 atom stereocenters. The van der Waals surface area contributed by atoms with Crippen LogP contribution in [0.25, 0.3) is 44.1 Å². The van der Waals surface area contributed by atoms with Gasteiger partial charge in [0.15, 0.2) is 5.58 Å². The van der Waals surface area contributed by atoms with Crippen LogP contribution in [-0.4, -0.2) is 10.1 Å². The molecule has 1 N–H and O–H groups in total. The number of oxazole rings is 1. The second-order valence-electron chi connectivity index (χ2n) is 5.83. The van der Waals surface area contributed by atoms with E-state index in [0.29, 0.717) is 5.89 Å². The number of fused-ring (bicyclic) bond motifs is 6. The summed E-state index contributed by atoms with van der Waals surface area (Å²) in [7, 11) is 0. The molecule has 114 valence electrons. The summed E-state index contributed by atoms with van der Waals surface area (Å²) in [4.78, 5) is 4.74. The van der Waals surface area contributed by atoms with Crippen LogP contribution < -0.4 is 0 Å². The lowest BCUT2D eigenvalue weighted by Crippen LogP contribution is -1.80. The smallest absolute Gasteiger partial charge is 0.227 e. The zero-order chi connectivity index (χ0) is 16.1. The van der Waals surface area contributed by atoms with Crippen LogP contribution >= 0.6 is 0 Å². The molecule has 0 spiro atoms. The third-order valence-corrected chi connectivity index (χ3v) is 4.39. The molecule has 1 aromatic heterocycles. The fourth-order valence-electron chi connectivity index (χ4n) is 3.25. The molecule has 0 unspecified atom stereocenters. The third kappa shape index (κ3) is 1.82. The van der Waals surface area contributed by atoms with E-state index < -0.39 is 0 Å². The van der Waals surface area contributed by atoms with Crippen LogP contribution in [0.4, 0.5) is 0 Å². The van der Waals surface area contributed by atoms with Gasteiger partial charge in [0.2, 0.25) is 5.89 Å². The highest BCUT2D eigenvalue weighted by Gasteiger charge is 2.15. The summed E-state index contributed by atoms with van der Waals surface area (Å²) in [5.41, 5.74) is 2.51. The summed E-state index contributed by atoms with van der Waals surface area (Å²) < 4.78 is 6.12. The molecule has 0 saturated carbocycles. The number of phenolic OH excluding ortho intramolecular Hbond substituents is 1. The van der Waals surface area contributed by atoms with Crippen molar-refractivity contribution in [1.82, 2.24) is 4.98 Å². The van der Waals surface area contributed by atoms with E-state index in [9.17, 15) is 5.11 Å². The largest absolute Gasteiger partial charge is 0.508 e. The summed E-state index contributed by atoms with van der Waals surface area (Å²) in [6.07, 6.45) is 0. The van der Waals surface area contributed by atoms with Crippen molar-refractivity contribution in [3.8, 4) is 17.2 Å². The van der Waals surface area contributed by atoms with Gasteiger partial charge in [-0.3, -0.25) is 0 Å². The van der Waals surface area contributed by atoms with Crippen molar-refractivity contribution < 1.29 is 9.52 Å². The fourth-order valence-corrected chi connectivity index (χ4v) is 3.25. The lowest BCUT2D eigenvalue weighted by molar-refractivity contribution is 0.475. The number of rotatable bonds is 1. The van der Waals surface area contributed by atoms with Gasteiger partial charge in [-0.15, -0.1) is 0 Å². The van der Waals surface area contributed by atoms with Gasteiger partial charge in [-0.05, 0) is 35.0 Å². The first-order chi connectivity index (χ1) is 11.8. The topological polar surface area (TPSA) is 46.3 Å². The van der Waals surface area contributed by atoms with E-state index in [4.69, 9.17) is 9.40 Å². The van der Waals surface area contributed by atoms with Crippen molar-refractivity contribution in [2.45, 2.75) is 0 Å². The maximum absolute atomic E-state index is 9.48. The van der Waals surface area contributed by atoms with Gasteiger partial charge in [0, 0.05) is 16.3 Å². The van der Waals surface area contributed by atoms with Crippen molar-refractivity contribution >= 4 is 32.6 Å². The van der Waals surface area contributed by atoms with Crippen molar-refractivity contribution in [2.24, 2.45) is 0 Å². The van der Waals surface area contributed by atoms with Gasteiger partial charge in [0.05, 0.1) is 0 Å². The lowest BCUT2D eigenvalue weighted by Gasteiger charge is -2.04. The van der Waals surface area contributed by atoms with Crippen molar-refractivity contribution in [3.63, 3.8) is 0 Å². The Bertz CT molecular complexity index is 1130. The van der Waals surface area contributed by atoms with Gasteiger partial charge >= 0.3 is 0 Å². The molecule has 0 saturated heterocycles. The quantitative estimate of drug-likeness (QED) is 0.415. The number of phenols is 1. The minimum Gasteiger partial charge on any atom is -0.508 e. The molecule has 1 heterocycles. The lowest BCUT2D eigenvalue weighted by atomic mass is 10.0. The Morgan fingerprint density at radius 2 is 1.25 bits per heavy atom. The van der Waals surface area contributed by atoms with Crippen LogP contribution in [0, 0.1) is 0 Å². The first-order valence-corrected chi connectivity index (χ1v) is 7.81. The van der Waals surface area contributed by atoms with Gasteiger partial charge in [-0.2, -0.15) is 0 Å². The monoisotopic (exact) mass is 311 g/mol. The SMILES string of the molecule is Oc1ccc(-c2nc3c4ccccc4c4ccccc4c3o2)cc1. The van der Waals surface area contributed by atoms with E-state index in [1.807, 2.05) is 36.4 Å². The Labute approximate surface area is 137 Å². The van der Waals surface area contributed by atoms with Crippen LogP contribution in [0.2, 0.25) is 0 Å². The zero-order valence-electron chi connectivity index (χ0n) is 12.7. The second kappa shape index (κ2) is 4.83. The number of aromatic nitrogens is 1. The molecule has 5 rings (SSSR count). The van der Waals surface area contributed by atoms with Crippen LogP contribution in [0.3, 0.4) is 0 Å². The van der Waals surface area contributed by atoms with Crippen molar-refractivity contribution in [2.75, 3.05) is 0 Å². The molecule has 0 radical (unpaired) electrons. The number of aromatic hydroxyl groups is 1. The molecule has 0 aliphatic heterocycles. The molecule has 3 heteroatoms. The van der Waals surface area contributed by atoms with E-state index in [2.05, 4.69) is 24.3 Å². The molecular weight excluding hydrogens is 298 g/mol. The van der Waals surface area contributed by atoms with Crippen molar-refractivity contribution in [3.05, 3.63) is 72.8 Å². The van der Waals surface area contributed by atoms with E-state index in [1.165, 1.54) is 5.39 Å². The number of benzene rings is 4. The molecule has 0 bridgehead atoms. The first-order valence-electron chi connectivity index (χ1n) is 7.81. The van der Waals surface area contributed by atoms with E-state index in [0.717, 1.165) is 32.8 Å². The average Bonchev–Trinajstić information content (AvgIpc) is 3.08. The molecule has 24 heavy (non-hydrogen) atoms. The van der Waals surface area contributed by atoms with Gasteiger partial charge < -0.3 is 9.52 Å². The van der Waals surface area contributed by atoms with E-state index >= 15 is 0 Å². The maximum atomic E-state index is 9.48. The van der Waals surface area contributed by atoms with Crippen molar-refractivity contribution in [1.29, 1.82) is 0 Å². The number of hydrogen-bond acceptors (Lipinski definition) is 3. The summed E-state index contributed by atoms with van der Waals surface area (Å²) in [6, 6.07) is 23.4. The highest BCUT2D eigenvalue weighted by molar-refractivity contribution is 6.22. The molecule has 0 aliphatic carbocycles. The van der Waals surface area contributed by atoms with Gasteiger partial charge in [0.1, 0.15) is 11.3 Å². The molecule has 0 amide bonds. The summed E-state index contributed by atoms with van der Waals surface area (Å²) in [6.45, 7) is 0. The Morgan fingerprint density at radius 3 is 1.96 bits per heavy atom. The molecule has 4 aromatic carbocycles. The van der Waals surface area contributed by atoms with Gasteiger partial charge in [-0.1, -0.05) is 48.5 Å². The normalized spacial score (nSPS) is 11.5. The van der Waals surface area contributed by atoms with Gasteiger partial charge in [-0.25, -0.2) is 4.98 Å². The van der Waals surface area contributed by atoms with E-state index in [-0.39, 0.29) is 5.75 Å². The maximum Gasteiger partial charge on any atom is 0.227 e. The highest BCUT2D eigenvalue weighted by Crippen LogP contribution is 2.37. The summed E-state index contributed by atoms with van der Waals surface area (Å²) in [5, 5.41) is 14.0. The van der Waals surface area contributed by atoms with Gasteiger partial charge in [0.25, 0.3) is 0 Å². The van der Waals surface area contributed by atoms with Crippen LogP contribution in [0.5, 0.6) is 5.75 Å². The standard InChI is InChI=1S/C21H13NO2/c23-14-11-9-13(10-12-14)21-22-19-17-7-3-1-5-15(17)16-6-2-4-8-18(16)20(19)24-21/h1-12,23H. The Hall–Kier alpha value is -3.33. The zero-order valence-corrected chi connectivity index (χ0v) is 12.7. The Morgan fingerprint density at radius 1 is 0.667 bits per heavy atom. The van der Waals surface area contributed by atoms with Crippen LogP contribution in [-0.2, 0) is 0 Å². The average molecular weight is 311 g/mol. The minimum absolute atomic E-state index is 0.228. The van der Waals surface area contributed by atoms with E-state index in [1.54, 1.807) is 12.1 Å². The molecular formula is C21H13NO2. The molecule has 0 fully saturated rings. The highest BCUT2D eigenvalue weighted by atomic mass is 16.3. The summed E-state index contributed by atoms with van der Waals surface area (Å²) in [5.74, 6) is 0.789. The summed E-state index contributed by atoms with van der Waals surface area (Å²) >= 11 is 0. The minimum atomic E-state index is 0.228. The van der Waals surface area contributed by atoms with Crippen LogP contribution in [0.15, 0.2) is 77.2 Å². The Kier molecular flexibility index (Phi) is 2.65. The molecule has 0 aliphatic rings. The second-order valence-corrected chi connectivity index (χ2v) is 5.83. The number of nitrogens with zero attached hydrogens (tertiary/aromatic N) is 1. The number of hydrogen-bond donors (Lipinski definition) is 1. The Balaban J connectivity index is 1.93. The predicted octanol–water partition coefficient (Wildman–Crippen LogP) is 5.51. The fraction of sp³-hybridized carbons (Fsp3) is 0. The third-order valence-electron chi connectivity index (χ3n) is 4.39. The first kappa shape index (κ1) is 13.1. The molecule has 5 aromatic rings. The predicted molar refractivity (Wildman–Crippen MR) is 96.1 cm³/mol. The van der Waals surface area contributed by atoms with Crippen LogP contribution in [0.1, 0.15) is 0 Å².